The van der Waals surface area contributed by atoms with Crippen molar-refractivity contribution in [2.24, 2.45) is 0 Å². The van der Waals surface area contributed by atoms with Crippen LogP contribution in [0.2, 0.25) is 0 Å². The van der Waals surface area contributed by atoms with Gasteiger partial charge in [0, 0.05) is 11.6 Å². The summed E-state index contributed by atoms with van der Waals surface area (Å²) in [6, 6.07) is 0.105. The predicted molar refractivity (Wildman–Crippen MR) is 48.7 cm³/mol. The zero-order valence-electron chi connectivity index (χ0n) is 8.43. The minimum Gasteiger partial charge on any atom is -0.237 e. The van der Waals surface area contributed by atoms with E-state index < -0.39 is 0 Å². The highest BCUT2D eigenvalue weighted by Crippen LogP contribution is 2.09. The van der Waals surface area contributed by atoms with Gasteiger partial charge in [-0.2, -0.15) is 9.49 Å². The van der Waals surface area contributed by atoms with Crippen molar-refractivity contribution in [1.29, 1.82) is 0 Å². The van der Waals surface area contributed by atoms with Crippen molar-refractivity contribution in [3.8, 4) is 0 Å². The molecule has 0 fully saturated rings. The van der Waals surface area contributed by atoms with Crippen molar-refractivity contribution in [3.05, 3.63) is 17.7 Å². The molecule has 0 aliphatic heterocycles. The molecule has 1 heterocycles. The Hall–Kier alpha value is -0.860. The summed E-state index contributed by atoms with van der Waals surface area (Å²) in [6.45, 7) is 9.51. The lowest BCUT2D eigenvalue weighted by Gasteiger charge is -2.04. The van der Waals surface area contributed by atoms with E-state index in [1.807, 2.05) is 27.7 Å². The zero-order valence-corrected chi connectivity index (χ0v) is 8.43. The van der Waals surface area contributed by atoms with Crippen molar-refractivity contribution in [2.45, 2.75) is 40.7 Å². The van der Waals surface area contributed by atoms with Gasteiger partial charge in [0.25, 0.3) is 0 Å². The van der Waals surface area contributed by atoms with Crippen LogP contribution in [0.1, 0.15) is 39.3 Å². The Labute approximate surface area is 73.4 Å². The Morgan fingerprint density at radius 3 is 2.08 bits per heavy atom. The van der Waals surface area contributed by atoms with Gasteiger partial charge in [-0.05, 0) is 20.8 Å². The lowest BCUT2D eigenvalue weighted by Crippen LogP contribution is -2.05. The topological polar surface area (TPSA) is 17.8 Å². The number of aryl methyl sites for hydroxylation is 1. The molecule has 1 rings (SSSR count). The first-order chi connectivity index (χ1) is 5.63. The van der Waals surface area contributed by atoms with Crippen LogP contribution in [0, 0.1) is 12.9 Å². The Morgan fingerprint density at radius 1 is 1.42 bits per heavy atom. The molecule has 1 aromatic rings. The first-order valence-corrected chi connectivity index (χ1v) is 4.32. The lowest BCUT2D eigenvalue weighted by molar-refractivity contribution is 0.413. The molecule has 0 spiro atoms. The molecule has 2 nitrogen and oxygen atoms in total. The monoisotopic (exact) mass is 172 g/mol. The average Bonchev–Trinajstić information content (AvgIpc) is 2.37. The van der Waals surface area contributed by atoms with Crippen LogP contribution in [-0.4, -0.2) is 9.78 Å². The summed E-state index contributed by atoms with van der Waals surface area (Å²) in [6.07, 6.45) is 1.54. The summed E-state index contributed by atoms with van der Waals surface area (Å²) in [7, 11) is 0. The number of aromatic nitrogens is 2. The third-order valence-corrected chi connectivity index (χ3v) is 1.39. The van der Waals surface area contributed by atoms with Gasteiger partial charge < -0.3 is 0 Å². The Morgan fingerprint density at radius 2 is 1.92 bits per heavy atom. The highest BCUT2D eigenvalue weighted by atomic mass is 19.1. The number of rotatable bonds is 1. The van der Waals surface area contributed by atoms with Gasteiger partial charge in [0.05, 0.1) is 6.20 Å². The smallest absolute Gasteiger partial charge is 0.214 e. The van der Waals surface area contributed by atoms with Crippen molar-refractivity contribution in [1.82, 2.24) is 9.78 Å². The van der Waals surface area contributed by atoms with Crippen LogP contribution in [0.5, 0.6) is 0 Å². The van der Waals surface area contributed by atoms with E-state index in [1.165, 1.54) is 10.9 Å². The van der Waals surface area contributed by atoms with Crippen LogP contribution in [0.3, 0.4) is 0 Å². The maximum Gasteiger partial charge on any atom is 0.214 e. The molecule has 0 unspecified atom stereocenters. The van der Waals surface area contributed by atoms with E-state index in [4.69, 9.17) is 0 Å². The summed E-state index contributed by atoms with van der Waals surface area (Å²) < 4.78 is 14.3. The molecule has 0 aliphatic rings. The molecule has 0 amide bonds. The molecule has 0 saturated heterocycles. The number of hydrogen-bond donors (Lipinski definition) is 0. The van der Waals surface area contributed by atoms with Crippen molar-refractivity contribution in [3.63, 3.8) is 0 Å². The predicted octanol–water partition coefficient (Wildman–Crippen LogP) is 2.94. The van der Waals surface area contributed by atoms with E-state index in [0.717, 1.165) is 0 Å². The Balaban J connectivity index is 0.000000561. The first kappa shape index (κ1) is 11.1. The van der Waals surface area contributed by atoms with Gasteiger partial charge in [0.15, 0.2) is 0 Å². The van der Waals surface area contributed by atoms with Crippen LogP contribution < -0.4 is 0 Å². The zero-order chi connectivity index (χ0) is 9.72. The number of hydrogen-bond acceptors (Lipinski definition) is 1. The molecule has 0 radical (unpaired) electrons. The van der Waals surface area contributed by atoms with E-state index in [1.54, 1.807) is 6.92 Å². The van der Waals surface area contributed by atoms with Crippen LogP contribution in [0.25, 0.3) is 0 Å². The second-order valence-electron chi connectivity index (χ2n) is 2.66. The minimum atomic E-state index is -0.227. The number of nitrogens with zero attached hydrogens (tertiary/aromatic N) is 2. The molecule has 0 N–H and O–H groups in total. The highest BCUT2D eigenvalue weighted by Gasteiger charge is 2.07. The molecular weight excluding hydrogens is 155 g/mol. The maximum atomic E-state index is 12.9. The van der Waals surface area contributed by atoms with Crippen molar-refractivity contribution >= 4 is 0 Å². The highest BCUT2D eigenvalue weighted by molar-refractivity contribution is 5.03. The Kier molecular flexibility index (Phi) is 4.55. The third kappa shape index (κ3) is 2.32. The van der Waals surface area contributed by atoms with Gasteiger partial charge in [-0.3, -0.25) is 0 Å². The van der Waals surface area contributed by atoms with Crippen molar-refractivity contribution < 1.29 is 4.39 Å². The fourth-order valence-corrected chi connectivity index (χ4v) is 0.793. The summed E-state index contributed by atoms with van der Waals surface area (Å²) in [5.74, 6) is -0.227. The Bertz CT molecular complexity index is 228. The summed E-state index contributed by atoms with van der Waals surface area (Å²) in [5.41, 5.74) is 0.605. The first-order valence-electron chi connectivity index (χ1n) is 4.32. The molecule has 0 saturated carbocycles. The molecule has 0 atom stereocenters. The van der Waals surface area contributed by atoms with Gasteiger partial charge in [-0.1, -0.05) is 13.8 Å². The normalized spacial score (nSPS) is 9.58. The minimum absolute atomic E-state index is 0.105. The van der Waals surface area contributed by atoms with Gasteiger partial charge in [0.1, 0.15) is 0 Å². The molecule has 12 heavy (non-hydrogen) atoms. The van der Waals surface area contributed by atoms with E-state index in [9.17, 15) is 4.39 Å². The summed E-state index contributed by atoms with van der Waals surface area (Å²) >= 11 is 0. The van der Waals surface area contributed by atoms with Crippen LogP contribution >= 0.6 is 0 Å². The van der Waals surface area contributed by atoms with Crippen LogP contribution in [-0.2, 0) is 0 Å². The van der Waals surface area contributed by atoms with Crippen LogP contribution in [0.15, 0.2) is 6.20 Å². The maximum absolute atomic E-state index is 12.9. The summed E-state index contributed by atoms with van der Waals surface area (Å²) in [5, 5.41) is 3.86. The lowest BCUT2D eigenvalue weighted by atomic mass is 10.4. The summed E-state index contributed by atoms with van der Waals surface area (Å²) in [4.78, 5) is 0. The fourth-order valence-electron chi connectivity index (χ4n) is 0.793. The standard InChI is InChI=1S/C7H11FN2.C2H6/c1-5(2)10-7(8)6(3)4-9-10;1-2/h4-5H,1-3H3;1-2H3. The van der Waals surface area contributed by atoms with E-state index >= 15 is 0 Å². The van der Waals surface area contributed by atoms with E-state index in [2.05, 4.69) is 5.10 Å². The second-order valence-corrected chi connectivity index (χ2v) is 2.66. The van der Waals surface area contributed by atoms with Crippen LogP contribution in [0.4, 0.5) is 4.39 Å². The molecule has 0 aliphatic carbocycles. The van der Waals surface area contributed by atoms with E-state index in [-0.39, 0.29) is 12.0 Å². The molecule has 0 bridgehead atoms. The van der Waals surface area contributed by atoms with Gasteiger partial charge >= 0.3 is 0 Å². The number of halogens is 1. The molecule has 1 aromatic heterocycles. The average molecular weight is 172 g/mol. The largest absolute Gasteiger partial charge is 0.237 e. The SMILES string of the molecule is CC.Cc1cnn(C(C)C)c1F. The van der Waals surface area contributed by atoms with Gasteiger partial charge in [0.2, 0.25) is 5.95 Å². The molecule has 3 heteroatoms. The third-order valence-electron chi connectivity index (χ3n) is 1.39. The van der Waals surface area contributed by atoms with E-state index in [0.29, 0.717) is 5.56 Å². The molecule has 70 valence electrons. The molecular formula is C9H17FN2. The van der Waals surface area contributed by atoms with Gasteiger partial charge in [-0.15, -0.1) is 0 Å². The van der Waals surface area contributed by atoms with Gasteiger partial charge in [-0.25, -0.2) is 4.68 Å². The second kappa shape index (κ2) is 4.91. The quantitative estimate of drug-likeness (QED) is 0.636. The fraction of sp³-hybridized carbons (Fsp3) is 0.667. The molecule has 0 aromatic carbocycles. The van der Waals surface area contributed by atoms with Crippen molar-refractivity contribution in [2.75, 3.05) is 0 Å².